The van der Waals surface area contributed by atoms with Crippen molar-refractivity contribution in [3.8, 4) is 5.75 Å². The summed E-state index contributed by atoms with van der Waals surface area (Å²) < 4.78 is 33.6. The zero-order chi connectivity index (χ0) is 15.8. The molecule has 21 heavy (non-hydrogen) atoms. The van der Waals surface area contributed by atoms with Crippen LogP contribution < -0.4 is 4.74 Å². The summed E-state index contributed by atoms with van der Waals surface area (Å²) in [6.45, 7) is 1.11. The lowest BCUT2D eigenvalue weighted by Gasteiger charge is -2.18. The summed E-state index contributed by atoms with van der Waals surface area (Å²) in [7, 11) is 0. The van der Waals surface area contributed by atoms with Crippen LogP contribution in [0.15, 0.2) is 24.3 Å². The third kappa shape index (κ3) is 5.02. The molecule has 7 heteroatoms. The van der Waals surface area contributed by atoms with Crippen LogP contribution in [0.5, 0.6) is 5.75 Å². The summed E-state index contributed by atoms with van der Waals surface area (Å²) in [6.07, 6.45) is 0. The molecule has 5 nitrogen and oxygen atoms in total. The molecule has 0 radical (unpaired) electrons. The molecule has 0 unspecified atom stereocenters. The fourth-order valence-corrected chi connectivity index (χ4v) is 1.71. The van der Waals surface area contributed by atoms with Crippen LogP contribution in [0.3, 0.4) is 0 Å². The zero-order valence-corrected chi connectivity index (χ0v) is 11.8. The molecular formula is C14H17F2NO4. The summed E-state index contributed by atoms with van der Waals surface area (Å²) in [6, 6.07) is 5.47. The van der Waals surface area contributed by atoms with E-state index in [1.54, 1.807) is 13.8 Å². The first kappa shape index (κ1) is 16.9. The van der Waals surface area contributed by atoms with Crippen molar-refractivity contribution in [3.63, 3.8) is 0 Å². The van der Waals surface area contributed by atoms with Crippen LogP contribution >= 0.6 is 0 Å². The maximum Gasteiger partial charge on any atom is 0.387 e. The lowest BCUT2D eigenvalue weighted by Crippen LogP contribution is -2.34. The number of carbonyl (C=O) groups excluding carboxylic acids is 2. The highest BCUT2D eigenvalue weighted by molar-refractivity contribution is 5.94. The van der Waals surface area contributed by atoms with Crippen molar-refractivity contribution in [1.29, 1.82) is 0 Å². The minimum Gasteiger partial charge on any atom is -0.452 e. The van der Waals surface area contributed by atoms with Crippen LogP contribution in [0, 0.1) is 0 Å². The van der Waals surface area contributed by atoms with Crippen molar-refractivity contribution < 1.29 is 27.8 Å². The molecule has 1 aromatic rings. The molecule has 0 aliphatic rings. The van der Waals surface area contributed by atoms with Crippen molar-refractivity contribution in [2.45, 2.75) is 20.5 Å². The number of benzene rings is 1. The van der Waals surface area contributed by atoms with E-state index in [4.69, 9.17) is 4.74 Å². The van der Waals surface area contributed by atoms with E-state index in [1.165, 1.54) is 29.2 Å². The van der Waals surface area contributed by atoms with Gasteiger partial charge in [-0.3, -0.25) is 4.79 Å². The number of para-hydroxylation sites is 1. The van der Waals surface area contributed by atoms with E-state index in [1.807, 2.05) is 0 Å². The van der Waals surface area contributed by atoms with Gasteiger partial charge >= 0.3 is 12.6 Å². The fourth-order valence-electron chi connectivity index (χ4n) is 1.71. The monoisotopic (exact) mass is 301 g/mol. The van der Waals surface area contributed by atoms with E-state index in [2.05, 4.69) is 4.74 Å². The van der Waals surface area contributed by atoms with Crippen molar-refractivity contribution >= 4 is 11.9 Å². The predicted octanol–water partition coefficient (Wildman–Crippen LogP) is 2.31. The fraction of sp³-hybridized carbons (Fsp3) is 0.429. The topological polar surface area (TPSA) is 55.8 Å². The van der Waals surface area contributed by atoms with Gasteiger partial charge in [0.05, 0.1) is 0 Å². The number of carbonyl (C=O) groups is 2. The number of hydrogen-bond acceptors (Lipinski definition) is 4. The smallest absolute Gasteiger partial charge is 0.387 e. The average molecular weight is 301 g/mol. The summed E-state index contributed by atoms with van der Waals surface area (Å²) in [5.74, 6) is -1.51. The maximum atomic E-state index is 12.2. The van der Waals surface area contributed by atoms with Crippen molar-refractivity contribution in [2.75, 3.05) is 19.7 Å². The molecule has 1 rings (SSSR count). The van der Waals surface area contributed by atoms with E-state index in [0.29, 0.717) is 13.1 Å². The number of esters is 1. The Morgan fingerprint density at radius 3 is 2.38 bits per heavy atom. The van der Waals surface area contributed by atoms with Gasteiger partial charge in [0.2, 0.25) is 0 Å². The quantitative estimate of drug-likeness (QED) is 0.725. The molecular weight excluding hydrogens is 284 g/mol. The molecule has 0 aliphatic carbocycles. The summed E-state index contributed by atoms with van der Waals surface area (Å²) in [5.41, 5.74) is -0.148. The molecule has 0 atom stereocenters. The van der Waals surface area contributed by atoms with Crippen molar-refractivity contribution in [1.82, 2.24) is 4.90 Å². The number of halogens is 2. The first-order chi connectivity index (χ1) is 9.99. The highest BCUT2D eigenvalue weighted by Crippen LogP contribution is 2.21. The van der Waals surface area contributed by atoms with E-state index in [-0.39, 0.29) is 17.2 Å². The highest BCUT2D eigenvalue weighted by atomic mass is 19.3. The van der Waals surface area contributed by atoms with E-state index >= 15 is 0 Å². The van der Waals surface area contributed by atoms with Crippen LogP contribution in [-0.2, 0) is 9.53 Å². The van der Waals surface area contributed by atoms with E-state index in [0.717, 1.165) is 0 Å². The number of alkyl halides is 2. The summed E-state index contributed by atoms with van der Waals surface area (Å²) in [4.78, 5) is 25.0. The Balaban J connectivity index is 2.70. The van der Waals surface area contributed by atoms with Gasteiger partial charge in [0.1, 0.15) is 11.3 Å². The maximum absolute atomic E-state index is 12.2. The first-order valence-electron chi connectivity index (χ1n) is 6.48. The minimum absolute atomic E-state index is 0.148. The van der Waals surface area contributed by atoms with Gasteiger partial charge in [-0.25, -0.2) is 4.79 Å². The number of hydrogen-bond donors (Lipinski definition) is 0. The molecule has 0 N–H and O–H groups in total. The Morgan fingerprint density at radius 1 is 1.19 bits per heavy atom. The second-order valence-electron chi connectivity index (χ2n) is 4.02. The van der Waals surface area contributed by atoms with Crippen LogP contribution in [0.25, 0.3) is 0 Å². The zero-order valence-electron chi connectivity index (χ0n) is 11.8. The van der Waals surface area contributed by atoms with Gasteiger partial charge in [-0.05, 0) is 26.0 Å². The number of rotatable bonds is 7. The van der Waals surface area contributed by atoms with Gasteiger partial charge in [0.15, 0.2) is 6.61 Å². The molecule has 0 aromatic heterocycles. The molecule has 116 valence electrons. The molecule has 0 spiro atoms. The van der Waals surface area contributed by atoms with Gasteiger partial charge in [-0.2, -0.15) is 8.78 Å². The van der Waals surface area contributed by atoms with Gasteiger partial charge in [-0.1, -0.05) is 12.1 Å². The van der Waals surface area contributed by atoms with Crippen molar-refractivity contribution in [2.24, 2.45) is 0 Å². The van der Waals surface area contributed by atoms with Gasteiger partial charge in [-0.15, -0.1) is 0 Å². The molecule has 0 heterocycles. The molecule has 0 saturated heterocycles. The Hall–Kier alpha value is -2.18. The van der Waals surface area contributed by atoms with Gasteiger partial charge in [0.25, 0.3) is 5.91 Å². The second kappa shape index (κ2) is 8.18. The minimum atomic E-state index is -3.05. The van der Waals surface area contributed by atoms with Crippen molar-refractivity contribution in [3.05, 3.63) is 29.8 Å². The lowest BCUT2D eigenvalue weighted by molar-refractivity contribution is -0.134. The largest absolute Gasteiger partial charge is 0.452 e. The molecule has 1 amide bonds. The second-order valence-corrected chi connectivity index (χ2v) is 4.02. The molecule has 0 bridgehead atoms. The van der Waals surface area contributed by atoms with E-state index in [9.17, 15) is 18.4 Å². The summed E-state index contributed by atoms with van der Waals surface area (Å²) >= 11 is 0. The molecule has 0 aliphatic heterocycles. The van der Waals surface area contributed by atoms with Gasteiger partial charge in [0, 0.05) is 13.1 Å². The van der Waals surface area contributed by atoms with Crippen LogP contribution in [-0.4, -0.2) is 43.1 Å². The van der Waals surface area contributed by atoms with Gasteiger partial charge < -0.3 is 14.4 Å². The standard InChI is InChI=1S/C14H17F2NO4/c1-3-17(4-2)12(18)9-20-13(19)10-7-5-6-8-11(10)21-14(15)16/h5-8,14H,3-4,9H2,1-2H3. The number of nitrogens with zero attached hydrogens (tertiary/aromatic N) is 1. The SMILES string of the molecule is CCN(CC)C(=O)COC(=O)c1ccccc1OC(F)F. The van der Waals surface area contributed by atoms with Crippen LogP contribution in [0.4, 0.5) is 8.78 Å². The number of ether oxygens (including phenoxy) is 2. The highest BCUT2D eigenvalue weighted by Gasteiger charge is 2.18. The van der Waals surface area contributed by atoms with Crippen LogP contribution in [0.2, 0.25) is 0 Å². The van der Waals surface area contributed by atoms with E-state index < -0.39 is 19.2 Å². The first-order valence-corrected chi connectivity index (χ1v) is 6.48. The molecule has 0 saturated carbocycles. The molecule has 0 fully saturated rings. The molecule has 1 aromatic carbocycles. The number of amides is 1. The van der Waals surface area contributed by atoms with Crippen LogP contribution in [0.1, 0.15) is 24.2 Å². The predicted molar refractivity (Wildman–Crippen MR) is 71.3 cm³/mol. The Morgan fingerprint density at radius 2 is 1.81 bits per heavy atom. The third-order valence-corrected chi connectivity index (χ3v) is 2.77. The normalized spacial score (nSPS) is 10.3. The Bertz CT molecular complexity index is 490. The Kier molecular flexibility index (Phi) is 6.58. The summed E-state index contributed by atoms with van der Waals surface area (Å²) in [5, 5.41) is 0. The Labute approximate surface area is 121 Å². The number of likely N-dealkylation sites (N-methyl/N-ethyl adjacent to an activating group) is 1. The third-order valence-electron chi connectivity index (χ3n) is 2.77. The lowest BCUT2D eigenvalue weighted by atomic mass is 10.2. The average Bonchev–Trinajstić information content (AvgIpc) is 2.46.